The van der Waals surface area contributed by atoms with Gasteiger partial charge in [0.05, 0.1) is 0 Å². The van der Waals surface area contributed by atoms with E-state index in [1.165, 1.54) is 16.7 Å². The molecular formula is C13H24. The number of hydrogen-bond donors (Lipinski definition) is 0. The molecule has 76 valence electrons. The van der Waals surface area contributed by atoms with Crippen molar-refractivity contribution >= 4 is 0 Å². The molecule has 0 amide bonds. The second kappa shape index (κ2) is 4.13. The maximum Gasteiger partial charge on any atom is -0.0135 e. The van der Waals surface area contributed by atoms with Crippen LogP contribution in [0.1, 0.15) is 48.5 Å². The van der Waals surface area contributed by atoms with Gasteiger partial charge in [-0.3, -0.25) is 0 Å². The van der Waals surface area contributed by atoms with Crippen molar-refractivity contribution in [2.75, 3.05) is 0 Å². The first kappa shape index (κ1) is 12.5. The lowest BCUT2D eigenvalue weighted by atomic mass is 9.78. The van der Waals surface area contributed by atoms with Crippen LogP contribution in [-0.2, 0) is 0 Å². The van der Waals surface area contributed by atoms with Crippen molar-refractivity contribution in [3.63, 3.8) is 0 Å². The summed E-state index contributed by atoms with van der Waals surface area (Å²) in [4.78, 5) is 0. The van der Waals surface area contributed by atoms with Crippen molar-refractivity contribution in [1.29, 1.82) is 0 Å². The topological polar surface area (TPSA) is 0 Å². The van der Waals surface area contributed by atoms with Crippen LogP contribution < -0.4 is 0 Å². The summed E-state index contributed by atoms with van der Waals surface area (Å²) in [5.74, 6) is 0.580. The fourth-order valence-corrected chi connectivity index (χ4v) is 1.63. The molecule has 0 N–H and O–H groups in total. The van der Waals surface area contributed by atoms with Gasteiger partial charge in [-0.25, -0.2) is 0 Å². The average molecular weight is 180 g/mol. The van der Waals surface area contributed by atoms with Crippen LogP contribution in [0.3, 0.4) is 0 Å². The first-order valence-corrected chi connectivity index (χ1v) is 5.05. The van der Waals surface area contributed by atoms with Gasteiger partial charge in [-0.2, -0.15) is 0 Å². The van der Waals surface area contributed by atoms with Crippen LogP contribution in [0, 0.1) is 11.3 Å². The third kappa shape index (κ3) is 3.38. The van der Waals surface area contributed by atoms with Gasteiger partial charge in [0.1, 0.15) is 0 Å². The van der Waals surface area contributed by atoms with E-state index in [1.807, 2.05) is 0 Å². The summed E-state index contributed by atoms with van der Waals surface area (Å²) >= 11 is 0. The van der Waals surface area contributed by atoms with E-state index in [0.717, 1.165) is 0 Å². The molecule has 0 fully saturated rings. The molecule has 0 atom stereocenters. The lowest BCUT2D eigenvalue weighted by Gasteiger charge is -2.27. The highest BCUT2D eigenvalue weighted by atomic mass is 14.3. The third-order valence-corrected chi connectivity index (χ3v) is 2.35. The molecule has 0 saturated heterocycles. The van der Waals surface area contributed by atoms with Crippen LogP contribution >= 0.6 is 0 Å². The highest BCUT2D eigenvalue weighted by molar-refractivity contribution is 5.36. The SMILES string of the molecule is C=C(C(=C(C)C)C(C)C)C(C)(C)C. The largest absolute Gasteiger partial charge is 0.0950 e. The van der Waals surface area contributed by atoms with Crippen molar-refractivity contribution in [2.45, 2.75) is 48.5 Å². The standard InChI is InChI=1S/C13H24/c1-9(2)12(10(3)4)11(5)13(6,7)8/h9H,5H2,1-4,6-8H3. The molecule has 0 spiro atoms. The van der Waals surface area contributed by atoms with Gasteiger partial charge in [0.15, 0.2) is 0 Å². The quantitative estimate of drug-likeness (QED) is 0.546. The van der Waals surface area contributed by atoms with E-state index in [1.54, 1.807) is 0 Å². The lowest BCUT2D eigenvalue weighted by molar-refractivity contribution is 0.498. The summed E-state index contributed by atoms with van der Waals surface area (Å²) in [6.07, 6.45) is 0. The molecule has 13 heavy (non-hydrogen) atoms. The van der Waals surface area contributed by atoms with Gasteiger partial charge in [0, 0.05) is 0 Å². The Balaban J connectivity index is 5.04. The zero-order valence-corrected chi connectivity index (χ0v) is 10.3. The molecule has 0 rings (SSSR count). The molecule has 0 heteroatoms. The molecule has 0 bridgehead atoms. The number of hydrogen-bond acceptors (Lipinski definition) is 0. The van der Waals surface area contributed by atoms with Crippen LogP contribution in [0.4, 0.5) is 0 Å². The Labute approximate surface area is 83.7 Å². The summed E-state index contributed by atoms with van der Waals surface area (Å²) in [5.41, 5.74) is 4.31. The predicted octanol–water partition coefficient (Wildman–Crippen LogP) is 4.58. The Bertz CT molecular complexity index is 217. The molecule has 0 saturated carbocycles. The van der Waals surface area contributed by atoms with E-state index in [4.69, 9.17) is 0 Å². The van der Waals surface area contributed by atoms with Gasteiger partial charge in [0.25, 0.3) is 0 Å². The first-order valence-electron chi connectivity index (χ1n) is 5.05. The van der Waals surface area contributed by atoms with E-state index in [0.29, 0.717) is 5.92 Å². The highest BCUT2D eigenvalue weighted by Crippen LogP contribution is 2.34. The fourth-order valence-electron chi connectivity index (χ4n) is 1.63. The molecule has 0 radical (unpaired) electrons. The summed E-state index contributed by atoms with van der Waals surface area (Å²) in [5, 5.41) is 0. The number of allylic oxidation sites excluding steroid dienone is 3. The van der Waals surface area contributed by atoms with Gasteiger partial charge in [-0.15, -0.1) is 0 Å². The first-order chi connectivity index (χ1) is 5.68. The Morgan fingerprint density at radius 3 is 1.54 bits per heavy atom. The van der Waals surface area contributed by atoms with Crippen molar-refractivity contribution in [3.05, 3.63) is 23.3 Å². The molecule has 0 aromatic carbocycles. The smallest absolute Gasteiger partial charge is 0.0135 e. The van der Waals surface area contributed by atoms with Crippen molar-refractivity contribution in [3.8, 4) is 0 Å². The third-order valence-electron chi connectivity index (χ3n) is 2.35. The van der Waals surface area contributed by atoms with E-state index in [9.17, 15) is 0 Å². The summed E-state index contributed by atoms with van der Waals surface area (Å²) in [6, 6.07) is 0. The van der Waals surface area contributed by atoms with E-state index in [-0.39, 0.29) is 5.41 Å². The maximum absolute atomic E-state index is 4.21. The minimum atomic E-state index is 0.191. The minimum absolute atomic E-state index is 0.191. The van der Waals surface area contributed by atoms with Crippen molar-refractivity contribution < 1.29 is 0 Å². The fraction of sp³-hybridized carbons (Fsp3) is 0.692. The predicted molar refractivity (Wildman–Crippen MR) is 61.8 cm³/mol. The number of rotatable bonds is 2. The second-order valence-electron chi connectivity index (χ2n) is 5.30. The molecule has 0 aromatic heterocycles. The van der Waals surface area contributed by atoms with Crippen LogP contribution in [0.25, 0.3) is 0 Å². The zero-order valence-electron chi connectivity index (χ0n) is 10.3. The van der Waals surface area contributed by atoms with Crippen LogP contribution in [0.5, 0.6) is 0 Å². The minimum Gasteiger partial charge on any atom is -0.0950 e. The molecule has 0 aromatic rings. The van der Waals surface area contributed by atoms with E-state index >= 15 is 0 Å². The molecule has 0 aliphatic heterocycles. The maximum atomic E-state index is 4.21. The van der Waals surface area contributed by atoms with Gasteiger partial charge in [-0.05, 0) is 36.3 Å². The van der Waals surface area contributed by atoms with E-state index in [2.05, 4.69) is 55.0 Å². The molecular weight excluding hydrogens is 156 g/mol. The Hall–Kier alpha value is -0.520. The summed E-state index contributed by atoms with van der Waals surface area (Å²) in [7, 11) is 0. The van der Waals surface area contributed by atoms with Gasteiger partial charge in [-0.1, -0.05) is 46.8 Å². The highest BCUT2D eigenvalue weighted by Gasteiger charge is 2.20. The van der Waals surface area contributed by atoms with Crippen LogP contribution in [-0.4, -0.2) is 0 Å². The second-order valence-corrected chi connectivity index (χ2v) is 5.30. The molecule has 0 nitrogen and oxygen atoms in total. The summed E-state index contributed by atoms with van der Waals surface area (Å²) < 4.78 is 0. The molecule has 0 aliphatic rings. The molecule has 0 aliphatic carbocycles. The average Bonchev–Trinajstić information content (AvgIpc) is 1.82. The molecule has 0 heterocycles. The van der Waals surface area contributed by atoms with Gasteiger partial charge in [0.2, 0.25) is 0 Å². The normalized spacial score (nSPS) is 11.7. The van der Waals surface area contributed by atoms with Crippen molar-refractivity contribution in [2.24, 2.45) is 11.3 Å². The Morgan fingerprint density at radius 2 is 1.46 bits per heavy atom. The monoisotopic (exact) mass is 180 g/mol. The molecule has 0 unspecified atom stereocenters. The lowest BCUT2D eigenvalue weighted by Crippen LogP contribution is -2.14. The van der Waals surface area contributed by atoms with Gasteiger partial charge < -0.3 is 0 Å². The van der Waals surface area contributed by atoms with Crippen LogP contribution in [0.15, 0.2) is 23.3 Å². The zero-order chi connectivity index (χ0) is 10.8. The van der Waals surface area contributed by atoms with Crippen molar-refractivity contribution in [1.82, 2.24) is 0 Å². The van der Waals surface area contributed by atoms with Crippen LogP contribution in [0.2, 0.25) is 0 Å². The Morgan fingerprint density at radius 1 is 1.08 bits per heavy atom. The van der Waals surface area contributed by atoms with Gasteiger partial charge >= 0.3 is 0 Å². The Kier molecular flexibility index (Phi) is 3.96. The summed E-state index contributed by atoms with van der Waals surface area (Å²) in [6.45, 7) is 19.7. The van der Waals surface area contributed by atoms with E-state index < -0.39 is 0 Å².